The van der Waals surface area contributed by atoms with Crippen LogP contribution in [0.15, 0.2) is 0 Å². The molecular formula is C14H30N2O. The molecule has 1 saturated heterocycles. The minimum absolute atomic E-state index is 0.0949. The molecule has 0 aromatic heterocycles. The van der Waals surface area contributed by atoms with Crippen molar-refractivity contribution in [2.75, 3.05) is 19.7 Å². The van der Waals surface area contributed by atoms with Gasteiger partial charge in [-0.1, -0.05) is 27.7 Å². The van der Waals surface area contributed by atoms with Gasteiger partial charge in [0, 0.05) is 25.2 Å². The highest BCUT2D eigenvalue weighted by molar-refractivity contribution is 4.86. The number of nitrogens with zero attached hydrogens (tertiary/aromatic N) is 1. The average molecular weight is 242 g/mol. The van der Waals surface area contributed by atoms with Crippen molar-refractivity contribution in [3.8, 4) is 0 Å². The van der Waals surface area contributed by atoms with Crippen LogP contribution >= 0.6 is 0 Å². The molecule has 1 rings (SSSR count). The zero-order valence-corrected chi connectivity index (χ0v) is 11.9. The van der Waals surface area contributed by atoms with Gasteiger partial charge in [-0.05, 0) is 30.6 Å². The van der Waals surface area contributed by atoms with Crippen molar-refractivity contribution in [3.63, 3.8) is 0 Å². The minimum atomic E-state index is 0.0949. The van der Waals surface area contributed by atoms with E-state index in [9.17, 15) is 5.11 Å². The quantitative estimate of drug-likeness (QED) is 0.771. The van der Waals surface area contributed by atoms with Gasteiger partial charge in [-0.25, -0.2) is 0 Å². The van der Waals surface area contributed by atoms with Crippen LogP contribution in [0.1, 0.15) is 40.5 Å². The Morgan fingerprint density at radius 1 is 1.24 bits per heavy atom. The van der Waals surface area contributed by atoms with Crippen molar-refractivity contribution in [1.29, 1.82) is 0 Å². The van der Waals surface area contributed by atoms with Crippen LogP contribution in [0.4, 0.5) is 0 Å². The summed E-state index contributed by atoms with van der Waals surface area (Å²) >= 11 is 0. The molecule has 4 unspecified atom stereocenters. The van der Waals surface area contributed by atoms with Crippen molar-refractivity contribution >= 4 is 0 Å². The van der Waals surface area contributed by atoms with Crippen LogP contribution in [0.3, 0.4) is 0 Å². The predicted octanol–water partition coefficient (Wildman–Crippen LogP) is 1.70. The fraction of sp³-hybridized carbons (Fsp3) is 1.00. The Labute approximate surface area is 106 Å². The number of hydrogen-bond acceptors (Lipinski definition) is 3. The van der Waals surface area contributed by atoms with Crippen LogP contribution in [0.2, 0.25) is 0 Å². The SMILES string of the molecule is CC(C)CC(N)C(CO)N1CC(C)CC(C)C1. The lowest BCUT2D eigenvalue weighted by Gasteiger charge is -2.42. The molecule has 0 aromatic carbocycles. The molecule has 0 aliphatic carbocycles. The Morgan fingerprint density at radius 2 is 1.76 bits per heavy atom. The van der Waals surface area contributed by atoms with Gasteiger partial charge in [0.25, 0.3) is 0 Å². The smallest absolute Gasteiger partial charge is 0.0601 e. The van der Waals surface area contributed by atoms with E-state index in [4.69, 9.17) is 5.73 Å². The molecule has 1 heterocycles. The van der Waals surface area contributed by atoms with E-state index in [0.717, 1.165) is 31.3 Å². The average Bonchev–Trinajstić information content (AvgIpc) is 2.15. The summed E-state index contributed by atoms with van der Waals surface area (Å²) in [7, 11) is 0. The van der Waals surface area contributed by atoms with Gasteiger partial charge < -0.3 is 10.8 Å². The Hall–Kier alpha value is -0.120. The maximum absolute atomic E-state index is 9.61. The number of nitrogens with two attached hydrogens (primary N) is 1. The van der Waals surface area contributed by atoms with Crippen molar-refractivity contribution in [3.05, 3.63) is 0 Å². The van der Waals surface area contributed by atoms with Gasteiger partial charge >= 0.3 is 0 Å². The second-order valence-corrected chi connectivity index (χ2v) is 6.44. The normalized spacial score (nSPS) is 30.5. The molecule has 0 aromatic rings. The van der Waals surface area contributed by atoms with E-state index in [1.807, 2.05) is 0 Å². The summed E-state index contributed by atoms with van der Waals surface area (Å²) < 4.78 is 0. The Balaban J connectivity index is 2.59. The van der Waals surface area contributed by atoms with Gasteiger partial charge in [0.1, 0.15) is 0 Å². The largest absolute Gasteiger partial charge is 0.395 e. The summed E-state index contributed by atoms with van der Waals surface area (Å²) in [6.45, 7) is 11.3. The molecule has 0 saturated carbocycles. The molecule has 0 amide bonds. The highest BCUT2D eigenvalue weighted by atomic mass is 16.3. The molecule has 3 heteroatoms. The number of aliphatic hydroxyl groups excluding tert-OH is 1. The summed E-state index contributed by atoms with van der Waals surface area (Å²) in [5, 5.41) is 9.61. The van der Waals surface area contributed by atoms with E-state index in [-0.39, 0.29) is 18.7 Å². The molecule has 3 nitrogen and oxygen atoms in total. The fourth-order valence-electron chi connectivity index (χ4n) is 3.21. The van der Waals surface area contributed by atoms with Crippen molar-refractivity contribution in [1.82, 2.24) is 4.90 Å². The highest BCUT2D eigenvalue weighted by Crippen LogP contribution is 2.24. The van der Waals surface area contributed by atoms with Crippen LogP contribution in [-0.4, -0.2) is 41.8 Å². The maximum atomic E-state index is 9.61. The molecular weight excluding hydrogens is 212 g/mol. The number of aliphatic hydroxyl groups is 1. The molecule has 0 radical (unpaired) electrons. The van der Waals surface area contributed by atoms with Crippen molar-refractivity contribution in [2.45, 2.75) is 52.6 Å². The lowest BCUT2D eigenvalue weighted by molar-refractivity contribution is 0.0449. The van der Waals surface area contributed by atoms with Gasteiger partial charge in [0.05, 0.1) is 6.61 Å². The standard InChI is InChI=1S/C14H30N2O/c1-10(2)5-13(15)14(9-17)16-7-11(3)6-12(4)8-16/h10-14,17H,5-9,15H2,1-4H3. The third-order valence-electron chi connectivity index (χ3n) is 3.79. The molecule has 4 atom stereocenters. The van der Waals surface area contributed by atoms with Gasteiger partial charge in [-0.15, -0.1) is 0 Å². The first kappa shape index (κ1) is 14.9. The molecule has 1 aliphatic rings. The zero-order valence-electron chi connectivity index (χ0n) is 11.9. The maximum Gasteiger partial charge on any atom is 0.0601 e. The van der Waals surface area contributed by atoms with Gasteiger partial charge in [0.2, 0.25) is 0 Å². The molecule has 0 bridgehead atoms. The predicted molar refractivity (Wildman–Crippen MR) is 72.8 cm³/mol. The van der Waals surface area contributed by atoms with Gasteiger partial charge in [-0.3, -0.25) is 4.90 Å². The first-order valence-corrected chi connectivity index (χ1v) is 7.04. The van der Waals surface area contributed by atoms with Crippen LogP contribution in [0, 0.1) is 17.8 Å². The van der Waals surface area contributed by atoms with Crippen molar-refractivity contribution in [2.24, 2.45) is 23.5 Å². The molecule has 1 fully saturated rings. The Morgan fingerprint density at radius 3 is 2.18 bits per heavy atom. The number of rotatable bonds is 5. The molecule has 17 heavy (non-hydrogen) atoms. The third-order valence-corrected chi connectivity index (χ3v) is 3.79. The van der Waals surface area contributed by atoms with E-state index < -0.39 is 0 Å². The summed E-state index contributed by atoms with van der Waals surface area (Å²) in [4.78, 5) is 2.41. The van der Waals surface area contributed by atoms with Crippen LogP contribution in [0.5, 0.6) is 0 Å². The number of hydrogen-bond donors (Lipinski definition) is 2. The van der Waals surface area contributed by atoms with E-state index in [0.29, 0.717) is 5.92 Å². The number of piperidine rings is 1. The first-order valence-electron chi connectivity index (χ1n) is 7.04. The van der Waals surface area contributed by atoms with E-state index >= 15 is 0 Å². The van der Waals surface area contributed by atoms with Crippen molar-refractivity contribution < 1.29 is 5.11 Å². The van der Waals surface area contributed by atoms with E-state index in [1.165, 1.54) is 6.42 Å². The second-order valence-electron chi connectivity index (χ2n) is 6.44. The molecule has 3 N–H and O–H groups in total. The molecule has 0 spiro atoms. The minimum Gasteiger partial charge on any atom is -0.395 e. The zero-order chi connectivity index (χ0) is 13.0. The third kappa shape index (κ3) is 4.57. The lowest BCUT2D eigenvalue weighted by atomic mass is 9.88. The van der Waals surface area contributed by atoms with E-state index in [1.54, 1.807) is 0 Å². The van der Waals surface area contributed by atoms with Gasteiger partial charge in [0.15, 0.2) is 0 Å². The van der Waals surface area contributed by atoms with Crippen LogP contribution < -0.4 is 5.73 Å². The second kappa shape index (κ2) is 6.72. The fourth-order valence-corrected chi connectivity index (χ4v) is 3.21. The monoisotopic (exact) mass is 242 g/mol. The number of likely N-dealkylation sites (tertiary alicyclic amines) is 1. The lowest BCUT2D eigenvalue weighted by Crippen LogP contribution is -2.54. The van der Waals surface area contributed by atoms with Gasteiger partial charge in [-0.2, -0.15) is 0 Å². The Bertz CT molecular complexity index is 210. The van der Waals surface area contributed by atoms with Crippen LogP contribution in [0.25, 0.3) is 0 Å². The summed E-state index contributed by atoms with van der Waals surface area (Å²) in [5.74, 6) is 2.04. The summed E-state index contributed by atoms with van der Waals surface area (Å²) in [6.07, 6.45) is 2.29. The molecule has 1 aliphatic heterocycles. The van der Waals surface area contributed by atoms with Crippen LogP contribution in [-0.2, 0) is 0 Å². The highest BCUT2D eigenvalue weighted by Gasteiger charge is 2.30. The first-order chi connectivity index (χ1) is 7.93. The Kier molecular flexibility index (Phi) is 5.90. The summed E-state index contributed by atoms with van der Waals surface area (Å²) in [5.41, 5.74) is 6.25. The van der Waals surface area contributed by atoms with E-state index in [2.05, 4.69) is 32.6 Å². The topological polar surface area (TPSA) is 49.5 Å². The summed E-state index contributed by atoms with van der Waals surface area (Å²) in [6, 6.07) is 0.236. The molecule has 102 valence electrons.